The second-order valence-electron chi connectivity index (χ2n) is 4.82. The summed E-state index contributed by atoms with van der Waals surface area (Å²) in [6.45, 7) is 0.292. The normalized spacial score (nSPS) is 10.6. The number of halogens is 2. The first kappa shape index (κ1) is 16.0. The number of amides is 2. The molecule has 0 saturated carbocycles. The summed E-state index contributed by atoms with van der Waals surface area (Å²) >= 11 is 5.65. The summed E-state index contributed by atoms with van der Waals surface area (Å²) < 4.78 is 18.9. The summed E-state index contributed by atoms with van der Waals surface area (Å²) in [5.41, 5.74) is 0.0137. The van der Waals surface area contributed by atoms with Crippen LogP contribution in [0.5, 0.6) is 0 Å². The van der Waals surface area contributed by atoms with Crippen molar-refractivity contribution in [2.75, 3.05) is 11.9 Å². The fraction of sp³-hybridized carbons (Fsp3) is 0.133. The lowest BCUT2D eigenvalue weighted by Crippen LogP contribution is -2.31. The van der Waals surface area contributed by atoms with E-state index in [4.69, 9.17) is 16.0 Å². The van der Waals surface area contributed by atoms with Crippen molar-refractivity contribution in [1.82, 2.24) is 20.5 Å². The Balaban J connectivity index is 1.49. The minimum atomic E-state index is -0.673. The van der Waals surface area contributed by atoms with Gasteiger partial charge in [-0.05, 0) is 24.3 Å². The fourth-order valence-electron chi connectivity index (χ4n) is 1.98. The van der Waals surface area contributed by atoms with Gasteiger partial charge >= 0.3 is 6.03 Å². The highest BCUT2D eigenvalue weighted by atomic mass is 35.5. The van der Waals surface area contributed by atoms with E-state index in [1.54, 1.807) is 18.2 Å². The average Bonchev–Trinajstić information content (AvgIpc) is 3.23. The minimum Gasteiger partial charge on any atom is -0.461 e. The molecule has 2 amide bonds. The number of benzene rings is 1. The van der Waals surface area contributed by atoms with E-state index in [2.05, 4.69) is 25.8 Å². The zero-order chi connectivity index (χ0) is 16.9. The largest absolute Gasteiger partial charge is 0.461 e. The molecule has 124 valence electrons. The monoisotopic (exact) mass is 349 g/mol. The summed E-state index contributed by atoms with van der Waals surface area (Å²) in [6.07, 6.45) is 1.96. The van der Waals surface area contributed by atoms with E-state index >= 15 is 0 Å². The van der Waals surface area contributed by atoms with Crippen LogP contribution in [0, 0.1) is 5.82 Å². The van der Waals surface area contributed by atoms with Gasteiger partial charge in [0.1, 0.15) is 5.82 Å². The molecule has 0 spiro atoms. The van der Waals surface area contributed by atoms with Crippen molar-refractivity contribution in [3.05, 3.63) is 53.3 Å². The summed E-state index contributed by atoms with van der Waals surface area (Å²) in [4.78, 5) is 16.0. The molecular formula is C15H13ClFN5O2. The Morgan fingerprint density at radius 3 is 3.00 bits per heavy atom. The molecule has 2 heterocycles. The molecule has 1 aromatic carbocycles. The summed E-state index contributed by atoms with van der Waals surface area (Å²) in [6, 6.07) is 7.32. The Morgan fingerprint density at radius 1 is 1.33 bits per heavy atom. The van der Waals surface area contributed by atoms with Crippen LogP contribution in [0.15, 0.2) is 41.0 Å². The van der Waals surface area contributed by atoms with Crippen molar-refractivity contribution < 1.29 is 13.6 Å². The second kappa shape index (κ2) is 7.14. The predicted octanol–water partition coefficient (Wildman–Crippen LogP) is 3.22. The van der Waals surface area contributed by atoms with Crippen molar-refractivity contribution >= 4 is 23.3 Å². The van der Waals surface area contributed by atoms with E-state index < -0.39 is 11.8 Å². The number of urea groups is 1. The SMILES string of the molecule is O=C(NCCc1nc(-c2ccco2)n[nH]1)Nc1cccc(Cl)c1F. The second-order valence-corrected chi connectivity index (χ2v) is 5.22. The average molecular weight is 350 g/mol. The van der Waals surface area contributed by atoms with Crippen molar-refractivity contribution in [2.24, 2.45) is 0 Å². The Morgan fingerprint density at radius 2 is 2.21 bits per heavy atom. The van der Waals surface area contributed by atoms with Crippen LogP contribution in [-0.4, -0.2) is 27.8 Å². The molecule has 0 aliphatic heterocycles. The van der Waals surface area contributed by atoms with Crippen LogP contribution in [0.25, 0.3) is 11.6 Å². The number of carbonyl (C=O) groups excluding carboxylic acids is 1. The van der Waals surface area contributed by atoms with Gasteiger partial charge in [-0.15, -0.1) is 0 Å². The molecule has 0 saturated heterocycles. The molecule has 7 nitrogen and oxygen atoms in total. The lowest BCUT2D eigenvalue weighted by Gasteiger charge is -2.08. The molecular weight excluding hydrogens is 337 g/mol. The number of nitrogens with zero attached hydrogens (tertiary/aromatic N) is 2. The van der Waals surface area contributed by atoms with E-state index in [-0.39, 0.29) is 10.7 Å². The molecule has 3 aromatic rings. The van der Waals surface area contributed by atoms with Gasteiger partial charge in [0, 0.05) is 13.0 Å². The molecule has 0 atom stereocenters. The lowest BCUT2D eigenvalue weighted by atomic mass is 10.3. The highest BCUT2D eigenvalue weighted by Gasteiger charge is 2.10. The number of hydrogen-bond acceptors (Lipinski definition) is 4. The number of hydrogen-bond donors (Lipinski definition) is 3. The number of nitrogens with one attached hydrogen (secondary N) is 3. The first-order valence-electron chi connectivity index (χ1n) is 7.07. The van der Waals surface area contributed by atoms with Crippen LogP contribution in [-0.2, 0) is 6.42 Å². The number of anilines is 1. The van der Waals surface area contributed by atoms with E-state index in [0.717, 1.165) is 0 Å². The van der Waals surface area contributed by atoms with Gasteiger partial charge in [0.05, 0.1) is 17.0 Å². The number of rotatable bonds is 5. The van der Waals surface area contributed by atoms with E-state index in [1.807, 2.05) is 0 Å². The third kappa shape index (κ3) is 3.72. The van der Waals surface area contributed by atoms with Gasteiger partial charge in [0.2, 0.25) is 5.82 Å². The zero-order valence-electron chi connectivity index (χ0n) is 12.3. The van der Waals surface area contributed by atoms with Crippen LogP contribution in [0.4, 0.5) is 14.9 Å². The Bertz CT molecular complexity index is 834. The molecule has 0 unspecified atom stereocenters. The fourth-order valence-corrected chi connectivity index (χ4v) is 2.16. The maximum absolute atomic E-state index is 13.7. The maximum Gasteiger partial charge on any atom is 0.319 e. The van der Waals surface area contributed by atoms with Gasteiger partial charge in [-0.25, -0.2) is 14.2 Å². The number of aromatic nitrogens is 3. The maximum atomic E-state index is 13.7. The standard InChI is InChI=1S/C15H13ClFN5O2/c16-9-3-1-4-10(13(9)17)19-15(23)18-7-6-12-20-14(22-21-12)11-5-2-8-24-11/h1-5,8H,6-7H2,(H2,18,19,23)(H,20,21,22). The first-order valence-corrected chi connectivity index (χ1v) is 7.45. The summed E-state index contributed by atoms with van der Waals surface area (Å²) in [7, 11) is 0. The lowest BCUT2D eigenvalue weighted by molar-refractivity contribution is 0.252. The van der Waals surface area contributed by atoms with Crippen LogP contribution in [0.1, 0.15) is 5.82 Å². The van der Waals surface area contributed by atoms with Gasteiger partial charge in [0.15, 0.2) is 11.6 Å². The minimum absolute atomic E-state index is 0.0137. The molecule has 0 aliphatic rings. The molecule has 3 rings (SSSR count). The molecule has 0 bridgehead atoms. The number of H-pyrrole nitrogens is 1. The Hall–Kier alpha value is -2.87. The molecule has 0 fully saturated rings. The predicted molar refractivity (Wildman–Crippen MR) is 86.2 cm³/mol. The highest BCUT2D eigenvalue weighted by molar-refractivity contribution is 6.31. The molecule has 3 N–H and O–H groups in total. The Labute approximate surface area is 141 Å². The summed E-state index contributed by atoms with van der Waals surface area (Å²) in [5, 5.41) is 11.7. The third-order valence-electron chi connectivity index (χ3n) is 3.12. The number of carbonyl (C=O) groups is 1. The van der Waals surface area contributed by atoms with Crippen molar-refractivity contribution in [3.63, 3.8) is 0 Å². The van der Waals surface area contributed by atoms with Crippen LogP contribution >= 0.6 is 11.6 Å². The van der Waals surface area contributed by atoms with Crippen molar-refractivity contribution in [3.8, 4) is 11.6 Å². The van der Waals surface area contributed by atoms with Crippen LogP contribution in [0.3, 0.4) is 0 Å². The first-order chi connectivity index (χ1) is 11.6. The van der Waals surface area contributed by atoms with E-state index in [9.17, 15) is 9.18 Å². The topological polar surface area (TPSA) is 95.8 Å². The number of aromatic amines is 1. The summed E-state index contributed by atoms with van der Waals surface area (Å²) in [5.74, 6) is 0.920. The van der Waals surface area contributed by atoms with Gasteiger partial charge < -0.3 is 15.1 Å². The third-order valence-corrected chi connectivity index (χ3v) is 3.41. The molecule has 2 aromatic heterocycles. The quantitative estimate of drug-likeness (QED) is 0.659. The van der Waals surface area contributed by atoms with Gasteiger partial charge in [0.25, 0.3) is 0 Å². The van der Waals surface area contributed by atoms with Crippen LogP contribution < -0.4 is 10.6 Å². The smallest absolute Gasteiger partial charge is 0.319 e. The van der Waals surface area contributed by atoms with Gasteiger partial charge in [-0.2, -0.15) is 5.10 Å². The van der Waals surface area contributed by atoms with Gasteiger partial charge in [-0.1, -0.05) is 17.7 Å². The van der Waals surface area contributed by atoms with E-state index in [0.29, 0.717) is 30.4 Å². The van der Waals surface area contributed by atoms with E-state index in [1.165, 1.54) is 18.4 Å². The zero-order valence-corrected chi connectivity index (χ0v) is 13.1. The molecule has 0 aliphatic carbocycles. The van der Waals surface area contributed by atoms with Crippen molar-refractivity contribution in [2.45, 2.75) is 6.42 Å². The molecule has 9 heteroatoms. The highest BCUT2D eigenvalue weighted by Crippen LogP contribution is 2.21. The van der Waals surface area contributed by atoms with Gasteiger partial charge in [-0.3, -0.25) is 5.10 Å². The van der Waals surface area contributed by atoms with Crippen LogP contribution in [0.2, 0.25) is 5.02 Å². The molecule has 0 radical (unpaired) electrons. The number of furan rings is 1. The Kier molecular flexibility index (Phi) is 4.76. The molecule has 24 heavy (non-hydrogen) atoms. The van der Waals surface area contributed by atoms with Crippen molar-refractivity contribution in [1.29, 1.82) is 0 Å².